The van der Waals surface area contributed by atoms with E-state index in [4.69, 9.17) is 15.2 Å². The van der Waals surface area contributed by atoms with Crippen LogP contribution in [0.2, 0.25) is 0 Å². The molecule has 2 aliphatic heterocycles. The van der Waals surface area contributed by atoms with Gasteiger partial charge in [0.15, 0.2) is 0 Å². The van der Waals surface area contributed by atoms with E-state index in [1.165, 1.54) is 32.1 Å². The number of hydrogen-bond donors (Lipinski definition) is 1. The summed E-state index contributed by atoms with van der Waals surface area (Å²) in [7, 11) is 0. The van der Waals surface area contributed by atoms with Crippen molar-refractivity contribution in [1.82, 2.24) is 9.97 Å². The minimum Gasteiger partial charge on any atom is -0.460 e. The molecule has 29 heavy (non-hydrogen) atoms. The van der Waals surface area contributed by atoms with Crippen molar-refractivity contribution in [2.75, 3.05) is 30.4 Å². The van der Waals surface area contributed by atoms with Crippen LogP contribution in [-0.2, 0) is 16.0 Å². The number of carbonyl (C=O) groups is 1. The molecule has 0 radical (unpaired) electrons. The Bertz CT molecular complexity index is 676. The van der Waals surface area contributed by atoms with E-state index >= 15 is 0 Å². The highest BCUT2D eigenvalue weighted by molar-refractivity contribution is 6.01. The van der Waals surface area contributed by atoms with Crippen molar-refractivity contribution in [3.05, 3.63) is 5.56 Å². The van der Waals surface area contributed by atoms with E-state index < -0.39 is 0 Å². The minimum absolute atomic E-state index is 0.0266. The molecule has 1 saturated heterocycles. The molecule has 0 aromatic carbocycles. The molecule has 2 N–H and O–H groups in total. The molecule has 162 valence electrons. The van der Waals surface area contributed by atoms with E-state index in [1.807, 2.05) is 6.92 Å². The van der Waals surface area contributed by atoms with Gasteiger partial charge in [-0.15, -0.1) is 0 Å². The van der Waals surface area contributed by atoms with Crippen molar-refractivity contribution in [3.8, 4) is 6.01 Å². The Hall–Kier alpha value is -1.89. The fourth-order valence-corrected chi connectivity index (χ4v) is 4.25. The van der Waals surface area contributed by atoms with Gasteiger partial charge in [-0.25, -0.2) is 0 Å². The first-order valence-electron chi connectivity index (χ1n) is 11.3. The van der Waals surface area contributed by atoms with E-state index in [-0.39, 0.29) is 24.4 Å². The fourth-order valence-electron chi connectivity index (χ4n) is 4.25. The third-order valence-corrected chi connectivity index (χ3v) is 5.97. The summed E-state index contributed by atoms with van der Waals surface area (Å²) in [4.78, 5) is 23.0. The Kier molecular flexibility index (Phi) is 8.09. The highest BCUT2D eigenvalue weighted by Crippen LogP contribution is 2.32. The molecular weight excluding hydrogens is 368 g/mol. The van der Waals surface area contributed by atoms with E-state index in [1.54, 1.807) is 4.90 Å². The Morgan fingerprint density at radius 2 is 1.97 bits per heavy atom. The lowest BCUT2D eigenvalue weighted by Gasteiger charge is -2.21. The summed E-state index contributed by atoms with van der Waals surface area (Å²) in [5.41, 5.74) is 6.83. The average molecular weight is 405 g/mol. The van der Waals surface area contributed by atoms with Crippen molar-refractivity contribution in [3.63, 3.8) is 0 Å². The molecule has 3 rings (SSSR count). The van der Waals surface area contributed by atoms with Gasteiger partial charge in [-0.05, 0) is 38.5 Å². The van der Waals surface area contributed by atoms with Crippen LogP contribution >= 0.6 is 0 Å². The van der Waals surface area contributed by atoms with Gasteiger partial charge < -0.3 is 15.2 Å². The number of carbonyl (C=O) groups excluding carboxylic acids is 1. The second kappa shape index (κ2) is 10.8. The van der Waals surface area contributed by atoms with Gasteiger partial charge in [-0.2, -0.15) is 9.97 Å². The lowest BCUT2D eigenvalue weighted by atomic mass is 9.93. The van der Waals surface area contributed by atoms with Gasteiger partial charge >= 0.3 is 6.01 Å². The molecule has 1 amide bonds. The van der Waals surface area contributed by atoms with Crippen LogP contribution in [0.5, 0.6) is 6.01 Å². The maximum absolute atomic E-state index is 12.5. The maximum Gasteiger partial charge on any atom is 0.320 e. The van der Waals surface area contributed by atoms with Crippen LogP contribution in [0.15, 0.2) is 0 Å². The maximum atomic E-state index is 12.5. The number of amides is 1. The topological polar surface area (TPSA) is 90.6 Å². The minimum atomic E-state index is 0.0266. The van der Waals surface area contributed by atoms with Gasteiger partial charge in [0.05, 0.1) is 12.5 Å². The van der Waals surface area contributed by atoms with Crippen LogP contribution in [0.4, 0.5) is 11.6 Å². The first kappa shape index (κ1) is 21.8. The number of unbranched alkanes of at least 4 members (excludes halogenated alkanes) is 3. The van der Waals surface area contributed by atoms with E-state index in [0.29, 0.717) is 18.2 Å². The molecule has 1 atom stereocenters. The van der Waals surface area contributed by atoms with Crippen molar-refractivity contribution < 1.29 is 14.3 Å². The average Bonchev–Trinajstić information content (AvgIpc) is 3.01. The number of ether oxygens (including phenoxy) is 2. The molecular formula is C22H36N4O3. The number of aromatic nitrogens is 2. The molecule has 0 unspecified atom stereocenters. The van der Waals surface area contributed by atoms with Crippen molar-refractivity contribution >= 4 is 17.5 Å². The Morgan fingerprint density at radius 1 is 1.21 bits per heavy atom. The molecule has 3 heterocycles. The third kappa shape index (κ3) is 6.04. The second-order valence-corrected chi connectivity index (χ2v) is 8.39. The summed E-state index contributed by atoms with van der Waals surface area (Å²) in [6.07, 6.45) is 10.6. The standard InChI is InChI=1S/C22H36N4O3/c1-3-8-16(2)29-22-24-20(23)18-15-19(27)26(21(18)25-22)12-7-5-4-6-9-17-10-13-28-14-11-17/h16-17H,3-15H2,1-2H3,(H2,23,24,25)/t16-/m0/s1. The number of nitrogens with zero attached hydrogens (tertiary/aromatic N) is 3. The summed E-state index contributed by atoms with van der Waals surface area (Å²) < 4.78 is 11.2. The second-order valence-electron chi connectivity index (χ2n) is 8.39. The number of fused-ring (bicyclic) bond motifs is 1. The van der Waals surface area contributed by atoms with Crippen LogP contribution in [0.3, 0.4) is 0 Å². The van der Waals surface area contributed by atoms with Crippen molar-refractivity contribution in [2.24, 2.45) is 5.92 Å². The molecule has 1 aromatic rings. The number of nitrogen functional groups attached to an aromatic ring is 1. The SMILES string of the molecule is CCC[C@H](C)Oc1nc(N)c2c(n1)N(CCCCCCC1CCOCC1)C(=O)C2. The summed E-state index contributed by atoms with van der Waals surface area (Å²) in [5, 5.41) is 0. The Labute approximate surface area is 174 Å². The van der Waals surface area contributed by atoms with Crippen LogP contribution in [0, 0.1) is 5.92 Å². The van der Waals surface area contributed by atoms with Crippen LogP contribution in [-0.4, -0.2) is 41.7 Å². The molecule has 1 fully saturated rings. The highest BCUT2D eigenvalue weighted by atomic mass is 16.5. The van der Waals surface area contributed by atoms with E-state index in [0.717, 1.165) is 50.4 Å². The normalized spacial score (nSPS) is 18.1. The van der Waals surface area contributed by atoms with Gasteiger partial charge in [0.1, 0.15) is 11.6 Å². The molecule has 0 saturated carbocycles. The van der Waals surface area contributed by atoms with Crippen molar-refractivity contribution in [1.29, 1.82) is 0 Å². The van der Waals surface area contributed by atoms with Gasteiger partial charge in [0.25, 0.3) is 0 Å². The number of anilines is 2. The monoisotopic (exact) mass is 404 g/mol. The number of nitrogens with two attached hydrogens (primary N) is 1. The molecule has 0 aliphatic carbocycles. The summed E-state index contributed by atoms with van der Waals surface area (Å²) in [6, 6.07) is 0.276. The number of rotatable bonds is 11. The smallest absolute Gasteiger partial charge is 0.320 e. The number of hydrogen-bond acceptors (Lipinski definition) is 6. The zero-order valence-electron chi connectivity index (χ0n) is 18.0. The molecule has 7 heteroatoms. The molecule has 1 aromatic heterocycles. The first-order valence-corrected chi connectivity index (χ1v) is 11.3. The zero-order valence-corrected chi connectivity index (χ0v) is 18.0. The third-order valence-electron chi connectivity index (χ3n) is 5.97. The van der Waals surface area contributed by atoms with Crippen LogP contribution in [0.1, 0.15) is 77.2 Å². The van der Waals surface area contributed by atoms with Crippen molar-refractivity contribution in [2.45, 2.75) is 84.2 Å². The van der Waals surface area contributed by atoms with Crippen LogP contribution in [0.25, 0.3) is 0 Å². The molecule has 0 spiro atoms. The summed E-state index contributed by atoms with van der Waals surface area (Å²) in [5.74, 6) is 1.90. The Balaban J connectivity index is 1.48. The largest absolute Gasteiger partial charge is 0.460 e. The van der Waals surface area contributed by atoms with Gasteiger partial charge in [0.2, 0.25) is 5.91 Å². The lowest BCUT2D eigenvalue weighted by molar-refractivity contribution is -0.117. The Morgan fingerprint density at radius 3 is 2.72 bits per heavy atom. The predicted octanol–water partition coefficient (Wildman–Crippen LogP) is 3.89. The molecule has 7 nitrogen and oxygen atoms in total. The highest BCUT2D eigenvalue weighted by Gasteiger charge is 2.32. The summed E-state index contributed by atoms with van der Waals surface area (Å²) in [6.45, 7) is 6.65. The molecule has 0 bridgehead atoms. The summed E-state index contributed by atoms with van der Waals surface area (Å²) >= 11 is 0. The van der Waals surface area contributed by atoms with E-state index in [9.17, 15) is 4.79 Å². The van der Waals surface area contributed by atoms with Gasteiger partial charge in [0, 0.05) is 25.3 Å². The predicted molar refractivity (Wildman–Crippen MR) is 114 cm³/mol. The quantitative estimate of drug-likeness (QED) is 0.563. The first-order chi connectivity index (χ1) is 14.1. The van der Waals surface area contributed by atoms with Gasteiger partial charge in [-0.3, -0.25) is 9.69 Å². The van der Waals surface area contributed by atoms with Gasteiger partial charge in [-0.1, -0.05) is 39.0 Å². The zero-order chi connectivity index (χ0) is 20.6. The van der Waals surface area contributed by atoms with E-state index in [2.05, 4.69) is 16.9 Å². The fraction of sp³-hybridized carbons (Fsp3) is 0.773. The molecule has 2 aliphatic rings. The van der Waals surface area contributed by atoms with Crippen LogP contribution < -0.4 is 15.4 Å². The lowest BCUT2D eigenvalue weighted by Crippen LogP contribution is -2.28.